The number of hydrogen-bond donors (Lipinski definition) is 2. The molecule has 2 N–H and O–H groups in total. The summed E-state index contributed by atoms with van der Waals surface area (Å²) in [6.07, 6.45) is 7.02. The normalized spacial score (nSPS) is 17.9. The van der Waals surface area contributed by atoms with Gasteiger partial charge in [-0.25, -0.2) is 4.98 Å². The predicted molar refractivity (Wildman–Crippen MR) is 56.7 cm³/mol. The van der Waals surface area contributed by atoms with Crippen LogP contribution >= 0.6 is 11.3 Å². The van der Waals surface area contributed by atoms with Crippen molar-refractivity contribution in [1.82, 2.24) is 15.2 Å². The van der Waals surface area contributed by atoms with Crippen molar-refractivity contribution in [2.75, 3.05) is 0 Å². The molecule has 1 aliphatic rings. The van der Waals surface area contributed by atoms with E-state index in [1.807, 2.05) is 0 Å². The SMILES string of the molecule is OC(c1cn[nH]c1)c1cnc(C2CC2)s1. The molecule has 15 heavy (non-hydrogen) atoms. The maximum absolute atomic E-state index is 10.0. The van der Waals surface area contributed by atoms with Crippen LogP contribution in [0.15, 0.2) is 18.6 Å². The molecular formula is C10H11N3OS. The van der Waals surface area contributed by atoms with Crippen LogP contribution in [0.5, 0.6) is 0 Å². The van der Waals surface area contributed by atoms with E-state index in [0.29, 0.717) is 5.92 Å². The van der Waals surface area contributed by atoms with Gasteiger partial charge in [0.1, 0.15) is 6.10 Å². The Labute approximate surface area is 91.0 Å². The minimum Gasteiger partial charge on any atom is -0.383 e. The molecule has 0 aliphatic heterocycles. The monoisotopic (exact) mass is 221 g/mol. The van der Waals surface area contributed by atoms with Crippen molar-refractivity contribution in [2.24, 2.45) is 0 Å². The first kappa shape index (κ1) is 9.06. The van der Waals surface area contributed by atoms with E-state index in [2.05, 4.69) is 15.2 Å². The van der Waals surface area contributed by atoms with Crippen molar-refractivity contribution in [3.05, 3.63) is 34.0 Å². The second kappa shape index (κ2) is 3.43. The minimum atomic E-state index is -0.589. The van der Waals surface area contributed by atoms with Crippen LogP contribution in [0, 0.1) is 0 Å². The lowest BCUT2D eigenvalue weighted by molar-refractivity contribution is 0.224. The minimum absolute atomic E-state index is 0.589. The zero-order valence-corrected chi connectivity index (χ0v) is 8.87. The van der Waals surface area contributed by atoms with Gasteiger partial charge in [-0.2, -0.15) is 5.10 Å². The summed E-state index contributed by atoms with van der Waals surface area (Å²) >= 11 is 1.61. The second-order valence-corrected chi connectivity index (χ2v) is 4.90. The van der Waals surface area contributed by atoms with Crippen LogP contribution in [0.4, 0.5) is 0 Å². The van der Waals surface area contributed by atoms with Crippen LogP contribution in [-0.4, -0.2) is 20.3 Å². The number of aromatic amines is 1. The largest absolute Gasteiger partial charge is 0.383 e. The van der Waals surface area contributed by atoms with Gasteiger partial charge in [-0.15, -0.1) is 11.3 Å². The molecule has 0 amide bonds. The van der Waals surface area contributed by atoms with Gasteiger partial charge >= 0.3 is 0 Å². The molecule has 0 aromatic carbocycles. The van der Waals surface area contributed by atoms with Gasteiger partial charge in [-0.05, 0) is 12.8 Å². The molecule has 0 radical (unpaired) electrons. The van der Waals surface area contributed by atoms with E-state index in [9.17, 15) is 5.11 Å². The number of aliphatic hydroxyl groups is 1. The van der Waals surface area contributed by atoms with Crippen LogP contribution in [-0.2, 0) is 0 Å². The van der Waals surface area contributed by atoms with E-state index in [0.717, 1.165) is 15.4 Å². The van der Waals surface area contributed by atoms with Gasteiger partial charge in [0.25, 0.3) is 0 Å². The molecule has 2 aromatic heterocycles. The summed E-state index contributed by atoms with van der Waals surface area (Å²) in [7, 11) is 0. The molecule has 2 aromatic rings. The highest BCUT2D eigenvalue weighted by atomic mass is 32.1. The lowest BCUT2D eigenvalue weighted by atomic mass is 10.2. The summed E-state index contributed by atoms with van der Waals surface area (Å²) in [5, 5.41) is 17.7. The zero-order chi connectivity index (χ0) is 10.3. The molecule has 4 nitrogen and oxygen atoms in total. The van der Waals surface area contributed by atoms with Crippen molar-refractivity contribution in [2.45, 2.75) is 24.9 Å². The zero-order valence-electron chi connectivity index (χ0n) is 8.05. The van der Waals surface area contributed by atoms with Gasteiger partial charge < -0.3 is 5.11 Å². The van der Waals surface area contributed by atoms with E-state index >= 15 is 0 Å². The summed E-state index contributed by atoms with van der Waals surface area (Å²) in [5.41, 5.74) is 0.793. The molecule has 5 heteroatoms. The quantitative estimate of drug-likeness (QED) is 0.831. The molecule has 2 heterocycles. The van der Waals surface area contributed by atoms with Crippen LogP contribution < -0.4 is 0 Å². The number of nitrogens with one attached hydrogen (secondary N) is 1. The van der Waals surface area contributed by atoms with Gasteiger partial charge in [0.15, 0.2) is 0 Å². The van der Waals surface area contributed by atoms with Crippen molar-refractivity contribution in [1.29, 1.82) is 0 Å². The molecule has 1 aliphatic carbocycles. The van der Waals surface area contributed by atoms with Gasteiger partial charge in [0.05, 0.1) is 16.1 Å². The summed E-state index contributed by atoms with van der Waals surface area (Å²) in [6, 6.07) is 0. The smallest absolute Gasteiger partial charge is 0.118 e. The first-order valence-electron chi connectivity index (χ1n) is 4.97. The molecular weight excluding hydrogens is 210 g/mol. The summed E-state index contributed by atoms with van der Waals surface area (Å²) in [5.74, 6) is 0.653. The highest BCUT2D eigenvalue weighted by Gasteiger charge is 2.27. The molecule has 78 valence electrons. The second-order valence-electron chi connectivity index (χ2n) is 3.81. The fourth-order valence-electron chi connectivity index (χ4n) is 1.52. The third-order valence-electron chi connectivity index (χ3n) is 2.57. The van der Waals surface area contributed by atoms with Crippen molar-refractivity contribution < 1.29 is 5.11 Å². The van der Waals surface area contributed by atoms with Crippen LogP contribution in [0.2, 0.25) is 0 Å². The Bertz CT molecular complexity index is 447. The Morgan fingerprint density at radius 3 is 3.00 bits per heavy atom. The topological polar surface area (TPSA) is 61.8 Å². The maximum atomic E-state index is 10.0. The predicted octanol–water partition coefficient (Wildman–Crippen LogP) is 1.83. The van der Waals surface area contributed by atoms with Gasteiger partial charge in [0.2, 0.25) is 0 Å². The Morgan fingerprint density at radius 2 is 2.33 bits per heavy atom. The molecule has 0 bridgehead atoms. The number of aromatic nitrogens is 3. The molecule has 3 rings (SSSR count). The Balaban J connectivity index is 1.85. The number of nitrogens with zero attached hydrogens (tertiary/aromatic N) is 2. The van der Waals surface area contributed by atoms with Crippen molar-refractivity contribution in [3.8, 4) is 0 Å². The molecule has 1 unspecified atom stereocenters. The standard InChI is InChI=1S/C10H11N3OS/c14-9(7-3-12-13-4-7)8-5-11-10(15-8)6-1-2-6/h3-6,9,14H,1-2H2,(H,12,13). The number of rotatable bonds is 3. The van der Waals surface area contributed by atoms with Gasteiger partial charge in [0, 0.05) is 23.9 Å². The molecule has 1 atom stereocenters. The van der Waals surface area contributed by atoms with Crippen molar-refractivity contribution >= 4 is 11.3 Å². The number of hydrogen-bond acceptors (Lipinski definition) is 4. The van der Waals surface area contributed by atoms with Gasteiger partial charge in [-0.3, -0.25) is 5.10 Å². The number of aliphatic hydroxyl groups excluding tert-OH is 1. The van der Waals surface area contributed by atoms with Crippen molar-refractivity contribution in [3.63, 3.8) is 0 Å². The van der Waals surface area contributed by atoms with E-state index < -0.39 is 6.10 Å². The Morgan fingerprint density at radius 1 is 1.47 bits per heavy atom. The van der Waals surface area contributed by atoms with Crippen LogP contribution in [0.1, 0.15) is 40.3 Å². The third-order valence-corrected chi connectivity index (χ3v) is 3.78. The molecule has 1 saturated carbocycles. The summed E-state index contributed by atoms with van der Waals surface area (Å²) in [6.45, 7) is 0. The average molecular weight is 221 g/mol. The number of thiazole rings is 1. The van der Waals surface area contributed by atoms with Crippen LogP contribution in [0.3, 0.4) is 0 Å². The fraction of sp³-hybridized carbons (Fsp3) is 0.400. The average Bonchev–Trinajstić information content (AvgIpc) is 2.83. The molecule has 0 spiro atoms. The third kappa shape index (κ3) is 1.68. The first-order chi connectivity index (χ1) is 7.34. The molecule has 0 saturated heterocycles. The fourth-order valence-corrected chi connectivity index (χ4v) is 2.62. The number of H-pyrrole nitrogens is 1. The van der Waals surface area contributed by atoms with E-state index in [-0.39, 0.29) is 0 Å². The Hall–Kier alpha value is -1.20. The first-order valence-corrected chi connectivity index (χ1v) is 5.78. The van der Waals surface area contributed by atoms with E-state index in [1.54, 1.807) is 29.9 Å². The lowest BCUT2D eigenvalue weighted by Crippen LogP contribution is -1.94. The highest BCUT2D eigenvalue weighted by Crippen LogP contribution is 2.42. The van der Waals surface area contributed by atoms with E-state index in [4.69, 9.17) is 0 Å². The lowest BCUT2D eigenvalue weighted by Gasteiger charge is -2.02. The molecule has 1 fully saturated rings. The highest BCUT2D eigenvalue weighted by molar-refractivity contribution is 7.11. The summed E-state index contributed by atoms with van der Waals surface area (Å²) in [4.78, 5) is 5.24. The van der Waals surface area contributed by atoms with Crippen LogP contribution in [0.25, 0.3) is 0 Å². The summed E-state index contributed by atoms with van der Waals surface area (Å²) < 4.78 is 0. The maximum Gasteiger partial charge on any atom is 0.118 e. The Kier molecular flexibility index (Phi) is 2.07. The van der Waals surface area contributed by atoms with E-state index in [1.165, 1.54) is 12.8 Å². The van der Waals surface area contributed by atoms with Gasteiger partial charge in [-0.1, -0.05) is 0 Å².